The second kappa shape index (κ2) is 4.97. The number of carbonyl (C=O) groups is 3. The average Bonchev–Trinajstić information content (AvgIpc) is 2.69. The van der Waals surface area contributed by atoms with Gasteiger partial charge in [-0.05, 0) is 22.0 Å². The molecule has 0 unspecified atom stereocenters. The van der Waals surface area contributed by atoms with Gasteiger partial charge in [0.25, 0.3) is 5.91 Å². The summed E-state index contributed by atoms with van der Waals surface area (Å²) in [6.07, 6.45) is 3.70. The highest BCUT2D eigenvalue weighted by atomic mass is 79.9. The molecule has 0 aromatic carbocycles. The van der Waals surface area contributed by atoms with Crippen LogP contribution in [0.15, 0.2) is 22.9 Å². The van der Waals surface area contributed by atoms with Crippen molar-refractivity contribution >= 4 is 33.7 Å². The lowest BCUT2D eigenvalue weighted by atomic mass is 10.1. The molecule has 0 radical (unpaired) electrons. The van der Waals surface area contributed by atoms with Crippen molar-refractivity contribution in [2.45, 2.75) is 18.9 Å². The Labute approximate surface area is 123 Å². The molecule has 2 fully saturated rings. The zero-order valence-electron chi connectivity index (χ0n) is 10.6. The molecule has 0 N–H and O–H groups in total. The van der Waals surface area contributed by atoms with Crippen molar-refractivity contribution in [3.8, 4) is 0 Å². The Morgan fingerprint density at radius 3 is 2.45 bits per heavy atom. The van der Waals surface area contributed by atoms with Gasteiger partial charge in [0.1, 0.15) is 0 Å². The molecule has 1 aromatic rings. The summed E-state index contributed by atoms with van der Waals surface area (Å²) < 4.78 is 0.741. The third kappa shape index (κ3) is 2.22. The minimum absolute atomic E-state index is 0.128. The molecule has 0 aliphatic carbocycles. The van der Waals surface area contributed by atoms with E-state index in [9.17, 15) is 14.4 Å². The topological polar surface area (TPSA) is 70.6 Å². The molecule has 2 aliphatic heterocycles. The van der Waals surface area contributed by atoms with Crippen LogP contribution in [0.5, 0.6) is 0 Å². The number of hydrogen-bond acceptors (Lipinski definition) is 4. The fraction of sp³-hybridized carbons (Fsp3) is 0.385. The molecular formula is C13H12BrN3O3. The zero-order chi connectivity index (χ0) is 14.3. The largest absolute Gasteiger partial charge is 0.334 e. The molecule has 104 valence electrons. The molecule has 0 bridgehead atoms. The second-order valence-electron chi connectivity index (χ2n) is 4.91. The second-order valence-corrected chi connectivity index (χ2v) is 5.83. The van der Waals surface area contributed by atoms with E-state index < -0.39 is 0 Å². The lowest BCUT2D eigenvalue weighted by Crippen LogP contribution is -2.62. The number of hydrogen-bond donors (Lipinski definition) is 0. The number of rotatable bonds is 2. The van der Waals surface area contributed by atoms with Gasteiger partial charge in [-0.2, -0.15) is 0 Å². The lowest BCUT2D eigenvalue weighted by molar-refractivity contribution is -0.144. The van der Waals surface area contributed by atoms with Crippen LogP contribution < -0.4 is 0 Å². The highest BCUT2D eigenvalue weighted by molar-refractivity contribution is 9.10. The maximum absolute atomic E-state index is 12.2. The summed E-state index contributed by atoms with van der Waals surface area (Å²) >= 11 is 3.27. The molecule has 3 amide bonds. The Kier molecular flexibility index (Phi) is 3.29. The number of pyridine rings is 1. The van der Waals surface area contributed by atoms with E-state index in [1.54, 1.807) is 17.2 Å². The number of amides is 3. The predicted molar refractivity (Wildman–Crippen MR) is 72.7 cm³/mol. The smallest absolute Gasteiger partial charge is 0.255 e. The predicted octanol–water partition coefficient (Wildman–Crippen LogP) is 0.817. The molecular weight excluding hydrogens is 326 g/mol. The summed E-state index contributed by atoms with van der Waals surface area (Å²) in [5.41, 5.74) is 0.497. The van der Waals surface area contributed by atoms with Gasteiger partial charge in [0.15, 0.2) is 0 Å². The summed E-state index contributed by atoms with van der Waals surface area (Å²) in [5, 5.41) is 0. The maximum Gasteiger partial charge on any atom is 0.255 e. The first kappa shape index (κ1) is 13.2. The molecule has 7 heteroatoms. The molecule has 6 nitrogen and oxygen atoms in total. The summed E-state index contributed by atoms with van der Waals surface area (Å²) in [4.78, 5) is 42.3. The normalized spacial score (nSPS) is 19.4. The standard InChI is InChI=1S/C13H12BrN3O3/c14-9-3-8(4-15-5-9)13(20)16-6-10(7-16)17-11(18)1-2-12(17)19/h3-5,10H,1-2,6-7H2. The van der Waals surface area contributed by atoms with Gasteiger partial charge in [-0.3, -0.25) is 24.3 Å². The van der Waals surface area contributed by atoms with E-state index in [1.165, 1.54) is 11.1 Å². The Morgan fingerprint density at radius 2 is 1.85 bits per heavy atom. The molecule has 0 spiro atoms. The molecule has 2 saturated heterocycles. The van der Waals surface area contributed by atoms with Gasteiger partial charge < -0.3 is 4.90 Å². The van der Waals surface area contributed by atoms with Crippen LogP contribution >= 0.6 is 15.9 Å². The van der Waals surface area contributed by atoms with Crippen molar-refractivity contribution in [3.63, 3.8) is 0 Å². The fourth-order valence-electron chi connectivity index (χ4n) is 2.50. The van der Waals surface area contributed by atoms with Crippen LogP contribution in [-0.4, -0.2) is 51.6 Å². The minimum atomic E-state index is -0.165. The third-order valence-electron chi connectivity index (χ3n) is 3.56. The SMILES string of the molecule is O=C(c1cncc(Br)c1)N1CC(N2C(=O)CCC2=O)C1. The third-order valence-corrected chi connectivity index (χ3v) is 3.99. The molecule has 3 heterocycles. The van der Waals surface area contributed by atoms with Crippen LogP contribution in [0.2, 0.25) is 0 Å². The number of imide groups is 1. The Morgan fingerprint density at radius 1 is 1.20 bits per heavy atom. The molecule has 1 aromatic heterocycles. The van der Waals surface area contributed by atoms with Crippen LogP contribution in [0, 0.1) is 0 Å². The fourth-order valence-corrected chi connectivity index (χ4v) is 2.86. The number of nitrogens with zero attached hydrogens (tertiary/aromatic N) is 3. The summed E-state index contributed by atoms with van der Waals surface area (Å²) in [6, 6.07) is 1.54. The first-order valence-corrected chi connectivity index (χ1v) is 7.10. The highest BCUT2D eigenvalue weighted by Crippen LogP contribution is 2.24. The van der Waals surface area contributed by atoms with Crippen LogP contribution in [0.3, 0.4) is 0 Å². The number of carbonyl (C=O) groups excluding carboxylic acids is 3. The van der Waals surface area contributed by atoms with Crippen molar-refractivity contribution in [1.29, 1.82) is 0 Å². The van der Waals surface area contributed by atoms with Gasteiger partial charge in [0, 0.05) is 42.8 Å². The Balaban J connectivity index is 1.64. The number of likely N-dealkylation sites (tertiary alicyclic amines) is 2. The van der Waals surface area contributed by atoms with Crippen LogP contribution in [-0.2, 0) is 9.59 Å². The maximum atomic E-state index is 12.2. The average molecular weight is 338 g/mol. The van der Waals surface area contributed by atoms with E-state index in [0.717, 1.165) is 4.47 Å². The summed E-state index contributed by atoms with van der Waals surface area (Å²) in [7, 11) is 0. The van der Waals surface area contributed by atoms with Gasteiger partial charge in [-0.25, -0.2) is 0 Å². The van der Waals surface area contributed by atoms with Crippen LogP contribution in [0.1, 0.15) is 23.2 Å². The van der Waals surface area contributed by atoms with Crippen LogP contribution in [0.25, 0.3) is 0 Å². The van der Waals surface area contributed by atoms with Gasteiger partial charge in [-0.1, -0.05) is 0 Å². The van der Waals surface area contributed by atoms with Crippen molar-refractivity contribution in [2.75, 3.05) is 13.1 Å². The van der Waals surface area contributed by atoms with Crippen molar-refractivity contribution in [3.05, 3.63) is 28.5 Å². The van der Waals surface area contributed by atoms with Gasteiger partial charge in [0.05, 0.1) is 11.6 Å². The van der Waals surface area contributed by atoms with E-state index in [0.29, 0.717) is 31.5 Å². The van der Waals surface area contributed by atoms with E-state index in [4.69, 9.17) is 0 Å². The van der Waals surface area contributed by atoms with E-state index in [2.05, 4.69) is 20.9 Å². The van der Waals surface area contributed by atoms with Crippen molar-refractivity contribution in [2.24, 2.45) is 0 Å². The van der Waals surface area contributed by atoms with Gasteiger partial charge >= 0.3 is 0 Å². The van der Waals surface area contributed by atoms with E-state index >= 15 is 0 Å². The van der Waals surface area contributed by atoms with Crippen molar-refractivity contribution < 1.29 is 14.4 Å². The first-order chi connectivity index (χ1) is 9.56. The molecule has 0 atom stereocenters. The van der Waals surface area contributed by atoms with Gasteiger partial charge in [0.2, 0.25) is 11.8 Å². The van der Waals surface area contributed by atoms with Gasteiger partial charge in [-0.15, -0.1) is 0 Å². The quantitative estimate of drug-likeness (QED) is 0.749. The van der Waals surface area contributed by atoms with E-state index in [-0.39, 0.29) is 23.8 Å². The monoisotopic (exact) mass is 337 g/mol. The summed E-state index contributed by atoms with van der Waals surface area (Å²) in [6.45, 7) is 0.811. The zero-order valence-corrected chi connectivity index (χ0v) is 12.2. The number of halogens is 1. The number of aromatic nitrogens is 1. The Hall–Kier alpha value is -1.76. The summed E-state index contributed by atoms with van der Waals surface area (Å²) in [5.74, 6) is -0.387. The van der Waals surface area contributed by atoms with Crippen molar-refractivity contribution in [1.82, 2.24) is 14.8 Å². The minimum Gasteiger partial charge on any atom is -0.334 e. The first-order valence-electron chi connectivity index (χ1n) is 6.31. The van der Waals surface area contributed by atoms with Crippen LogP contribution in [0.4, 0.5) is 0 Å². The van der Waals surface area contributed by atoms with E-state index in [1.807, 2.05) is 0 Å². The molecule has 2 aliphatic rings. The highest BCUT2D eigenvalue weighted by Gasteiger charge is 2.42. The molecule has 20 heavy (non-hydrogen) atoms. The Bertz CT molecular complexity index is 582. The lowest BCUT2D eigenvalue weighted by Gasteiger charge is -2.42. The molecule has 0 saturated carbocycles. The molecule has 3 rings (SSSR count).